The van der Waals surface area contributed by atoms with Crippen molar-refractivity contribution in [3.63, 3.8) is 0 Å². The summed E-state index contributed by atoms with van der Waals surface area (Å²) in [6.07, 6.45) is 1.85. The molecule has 0 bridgehead atoms. The molecule has 1 N–H and O–H groups in total. The fraction of sp³-hybridized carbons (Fsp3) is 0.182. The lowest BCUT2D eigenvalue weighted by Crippen LogP contribution is -2.26. The molecule has 0 radical (unpaired) electrons. The summed E-state index contributed by atoms with van der Waals surface area (Å²) in [5.74, 6) is 0.353. The molecule has 0 spiro atoms. The highest BCUT2D eigenvalue weighted by molar-refractivity contribution is 9.11. The minimum Gasteiger partial charge on any atom is -0.351 e. The average Bonchev–Trinajstić information content (AvgIpc) is 2.85. The number of aromatic nitrogens is 2. The standard InChI is InChI=1S/C11H9Br2N3O2/c12-7-1-2-9(13)8(5-7)11(17)14-4-3-10-15-6-16-18-10/h1-2,5-6H,3-4H2,(H,14,17). The quantitative estimate of drug-likeness (QED) is 0.892. The number of carbonyl (C=O) groups excluding carboxylic acids is 1. The maximum Gasteiger partial charge on any atom is 0.252 e. The van der Waals surface area contributed by atoms with E-state index in [-0.39, 0.29) is 5.91 Å². The third-order valence-corrected chi connectivity index (χ3v) is 3.39. The molecule has 0 aliphatic heterocycles. The van der Waals surface area contributed by atoms with Crippen LogP contribution in [-0.2, 0) is 6.42 Å². The first-order chi connectivity index (χ1) is 8.66. The van der Waals surface area contributed by atoms with Gasteiger partial charge in [-0.15, -0.1) is 0 Å². The van der Waals surface area contributed by atoms with Gasteiger partial charge in [0.05, 0.1) is 5.56 Å². The van der Waals surface area contributed by atoms with Gasteiger partial charge >= 0.3 is 0 Å². The second kappa shape index (κ2) is 6.10. The van der Waals surface area contributed by atoms with Crippen molar-refractivity contribution in [2.45, 2.75) is 6.42 Å². The van der Waals surface area contributed by atoms with Gasteiger partial charge in [0.15, 0.2) is 6.33 Å². The second-order valence-corrected chi connectivity index (χ2v) is 5.24. The van der Waals surface area contributed by atoms with E-state index in [9.17, 15) is 4.79 Å². The van der Waals surface area contributed by atoms with Crippen molar-refractivity contribution < 1.29 is 9.32 Å². The lowest BCUT2D eigenvalue weighted by atomic mass is 10.2. The van der Waals surface area contributed by atoms with E-state index in [1.54, 1.807) is 6.07 Å². The van der Waals surface area contributed by atoms with Crippen molar-refractivity contribution in [1.82, 2.24) is 15.5 Å². The first-order valence-electron chi connectivity index (χ1n) is 5.15. The summed E-state index contributed by atoms with van der Waals surface area (Å²) in [5, 5.41) is 6.28. The highest BCUT2D eigenvalue weighted by Gasteiger charge is 2.10. The molecule has 0 unspecified atom stereocenters. The topological polar surface area (TPSA) is 68.0 Å². The Labute approximate surface area is 120 Å². The summed E-state index contributed by atoms with van der Waals surface area (Å²) in [6.45, 7) is 0.444. The van der Waals surface area contributed by atoms with Crippen LogP contribution >= 0.6 is 31.9 Å². The molecule has 5 nitrogen and oxygen atoms in total. The summed E-state index contributed by atoms with van der Waals surface area (Å²) in [6, 6.07) is 5.43. The van der Waals surface area contributed by atoms with E-state index in [0.717, 1.165) is 8.95 Å². The molecule has 0 aliphatic carbocycles. The fourth-order valence-corrected chi connectivity index (χ4v) is 2.14. The zero-order chi connectivity index (χ0) is 13.0. The number of carbonyl (C=O) groups is 1. The van der Waals surface area contributed by atoms with E-state index in [1.165, 1.54) is 6.33 Å². The van der Waals surface area contributed by atoms with Crippen LogP contribution < -0.4 is 5.32 Å². The Hall–Kier alpha value is -1.21. The molecule has 2 rings (SSSR count). The monoisotopic (exact) mass is 373 g/mol. The smallest absolute Gasteiger partial charge is 0.252 e. The molecule has 1 heterocycles. The number of hydrogen-bond donors (Lipinski definition) is 1. The normalized spacial score (nSPS) is 10.3. The largest absolute Gasteiger partial charge is 0.351 e. The van der Waals surface area contributed by atoms with Crippen molar-refractivity contribution in [1.29, 1.82) is 0 Å². The van der Waals surface area contributed by atoms with Crippen molar-refractivity contribution in [2.24, 2.45) is 0 Å². The molecule has 1 amide bonds. The Balaban J connectivity index is 1.93. The zero-order valence-corrected chi connectivity index (χ0v) is 12.4. The number of rotatable bonds is 4. The van der Waals surface area contributed by atoms with E-state index in [1.807, 2.05) is 12.1 Å². The SMILES string of the molecule is O=C(NCCc1ncno1)c1cc(Br)ccc1Br. The van der Waals surface area contributed by atoms with Crippen LogP contribution in [0.3, 0.4) is 0 Å². The van der Waals surface area contributed by atoms with Crippen LogP contribution in [0.2, 0.25) is 0 Å². The number of benzene rings is 1. The Morgan fingerprint density at radius 3 is 2.94 bits per heavy atom. The van der Waals surface area contributed by atoms with Gasteiger partial charge < -0.3 is 9.84 Å². The van der Waals surface area contributed by atoms with Gasteiger partial charge in [-0.1, -0.05) is 21.1 Å². The third kappa shape index (κ3) is 3.39. The first-order valence-corrected chi connectivity index (χ1v) is 6.74. The lowest BCUT2D eigenvalue weighted by Gasteiger charge is -2.06. The predicted molar refractivity (Wildman–Crippen MR) is 72.2 cm³/mol. The summed E-state index contributed by atoms with van der Waals surface area (Å²) >= 11 is 6.67. The van der Waals surface area contributed by atoms with Crippen molar-refractivity contribution >= 4 is 37.8 Å². The van der Waals surface area contributed by atoms with Crippen molar-refractivity contribution in [2.75, 3.05) is 6.54 Å². The van der Waals surface area contributed by atoms with E-state index < -0.39 is 0 Å². The molecular formula is C11H9Br2N3O2. The first kappa shape index (κ1) is 13.2. The van der Waals surface area contributed by atoms with Gasteiger partial charge in [-0.3, -0.25) is 4.79 Å². The molecule has 1 aromatic carbocycles. The van der Waals surface area contributed by atoms with Gasteiger partial charge in [-0.05, 0) is 34.1 Å². The summed E-state index contributed by atoms with van der Waals surface area (Å²) in [7, 11) is 0. The number of nitrogens with zero attached hydrogens (tertiary/aromatic N) is 2. The Bertz CT molecular complexity index is 543. The number of hydrogen-bond acceptors (Lipinski definition) is 4. The Morgan fingerprint density at radius 2 is 2.22 bits per heavy atom. The number of halogens is 2. The molecule has 18 heavy (non-hydrogen) atoms. The van der Waals surface area contributed by atoms with Crippen LogP contribution in [0.15, 0.2) is 38.0 Å². The molecule has 1 aromatic heterocycles. The maximum atomic E-state index is 11.9. The van der Waals surface area contributed by atoms with Gasteiger partial charge in [0.1, 0.15) is 0 Å². The van der Waals surface area contributed by atoms with E-state index >= 15 is 0 Å². The van der Waals surface area contributed by atoms with Crippen LogP contribution in [-0.4, -0.2) is 22.6 Å². The molecule has 0 aliphatic rings. The molecule has 0 saturated heterocycles. The minimum atomic E-state index is -0.150. The van der Waals surface area contributed by atoms with E-state index in [0.29, 0.717) is 24.4 Å². The average molecular weight is 375 g/mol. The lowest BCUT2D eigenvalue weighted by molar-refractivity contribution is 0.0952. The van der Waals surface area contributed by atoms with Crippen LogP contribution in [0, 0.1) is 0 Å². The van der Waals surface area contributed by atoms with Gasteiger partial charge in [0, 0.05) is 21.9 Å². The minimum absolute atomic E-state index is 0.150. The van der Waals surface area contributed by atoms with Gasteiger partial charge in [0.2, 0.25) is 5.89 Å². The molecule has 94 valence electrons. The fourth-order valence-electron chi connectivity index (χ4n) is 1.36. The third-order valence-electron chi connectivity index (χ3n) is 2.20. The molecular weight excluding hydrogens is 366 g/mol. The van der Waals surface area contributed by atoms with Crippen LogP contribution in [0.4, 0.5) is 0 Å². The van der Waals surface area contributed by atoms with Crippen LogP contribution in [0.25, 0.3) is 0 Å². The molecule has 7 heteroatoms. The van der Waals surface area contributed by atoms with Gasteiger partial charge in [-0.25, -0.2) is 0 Å². The highest BCUT2D eigenvalue weighted by atomic mass is 79.9. The zero-order valence-electron chi connectivity index (χ0n) is 9.19. The van der Waals surface area contributed by atoms with Crippen LogP contribution in [0.5, 0.6) is 0 Å². The molecule has 2 aromatic rings. The summed E-state index contributed by atoms with van der Waals surface area (Å²) in [4.78, 5) is 15.8. The highest BCUT2D eigenvalue weighted by Crippen LogP contribution is 2.21. The van der Waals surface area contributed by atoms with Crippen molar-refractivity contribution in [3.8, 4) is 0 Å². The van der Waals surface area contributed by atoms with Gasteiger partial charge in [-0.2, -0.15) is 4.98 Å². The Kier molecular flexibility index (Phi) is 4.48. The van der Waals surface area contributed by atoms with E-state index in [4.69, 9.17) is 4.52 Å². The number of amides is 1. The van der Waals surface area contributed by atoms with Crippen molar-refractivity contribution in [3.05, 3.63) is 44.9 Å². The number of nitrogens with one attached hydrogen (secondary N) is 1. The maximum absolute atomic E-state index is 11.9. The summed E-state index contributed by atoms with van der Waals surface area (Å²) < 4.78 is 6.44. The van der Waals surface area contributed by atoms with Gasteiger partial charge in [0.25, 0.3) is 5.91 Å². The van der Waals surface area contributed by atoms with E-state index in [2.05, 4.69) is 47.3 Å². The predicted octanol–water partition coefficient (Wildman–Crippen LogP) is 2.57. The van der Waals surface area contributed by atoms with Crippen LogP contribution in [0.1, 0.15) is 16.2 Å². The second-order valence-electron chi connectivity index (χ2n) is 3.47. The summed E-state index contributed by atoms with van der Waals surface area (Å²) in [5.41, 5.74) is 0.579. The molecule has 0 saturated carbocycles. The molecule has 0 atom stereocenters. The molecule has 0 fully saturated rings. The Morgan fingerprint density at radius 1 is 1.39 bits per heavy atom.